The zero-order valence-corrected chi connectivity index (χ0v) is 8.47. The molecule has 12 heavy (non-hydrogen) atoms. The first-order valence-corrected chi connectivity index (χ1v) is 4.87. The van der Waals surface area contributed by atoms with Gasteiger partial charge in [-0.05, 0) is 45.4 Å². The highest BCUT2D eigenvalue weighted by Gasteiger charge is 2.31. The molecule has 1 rings (SSSR count). The molecule has 0 spiro atoms. The molecule has 0 aromatic rings. The third kappa shape index (κ3) is 2.20. The molecule has 0 bridgehead atoms. The highest BCUT2D eigenvalue weighted by molar-refractivity contribution is 4.85. The van der Waals surface area contributed by atoms with Gasteiger partial charge < -0.3 is 10.5 Å². The predicted octanol–water partition coefficient (Wildman–Crippen LogP) is 1.93. The quantitative estimate of drug-likeness (QED) is 0.689. The summed E-state index contributed by atoms with van der Waals surface area (Å²) in [5.41, 5.74) is 5.88. The van der Waals surface area contributed by atoms with Crippen LogP contribution in [0.4, 0.5) is 0 Å². The summed E-state index contributed by atoms with van der Waals surface area (Å²) in [5, 5.41) is 0. The molecule has 0 radical (unpaired) electrons. The average Bonchev–Trinajstić information content (AvgIpc) is 2.05. The lowest BCUT2D eigenvalue weighted by atomic mass is 9.77. The molecule has 0 atom stereocenters. The highest BCUT2D eigenvalue weighted by atomic mass is 16.5. The van der Waals surface area contributed by atoms with E-state index in [0.29, 0.717) is 12.0 Å². The number of hydrogen-bond donors (Lipinski definition) is 1. The first-order chi connectivity index (χ1) is 5.56. The van der Waals surface area contributed by atoms with Crippen LogP contribution >= 0.6 is 0 Å². The summed E-state index contributed by atoms with van der Waals surface area (Å²) in [6, 6.07) is 0.439. The Morgan fingerprint density at radius 1 is 1.17 bits per heavy atom. The van der Waals surface area contributed by atoms with Gasteiger partial charge in [-0.1, -0.05) is 0 Å². The summed E-state index contributed by atoms with van der Waals surface area (Å²) in [6.07, 6.45) is 4.78. The van der Waals surface area contributed by atoms with Gasteiger partial charge in [-0.3, -0.25) is 0 Å². The zero-order valence-electron chi connectivity index (χ0n) is 8.47. The van der Waals surface area contributed by atoms with Crippen molar-refractivity contribution in [3.63, 3.8) is 0 Å². The van der Waals surface area contributed by atoms with Gasteiger partial charge in [0.1, 0.15) is 0 Å². The van der Waals surface area contributed by atoms with Crippen molar-refractivity contribution in [1.82, 2.24) is 0 Å². The molecule has 1 aliphatic rings. The number of ether oxygens (including phenoxy) is 1. The van der Waals surface area contributed by atoms with E-state index in [1.165, 1.54) is 12.8 Å². The summed E-state index contributed by atoms with van der Waals surface area (Å²) < 4.78 is 5.47. The van der Waals surface area contributed by atoms with E-state index >= 15 is 0 Å². The summed E-state index contributed by atoms with van der Waals surface area (Å²) in [6.45, 7) is 4.35. The van der Waals surface area contributed by atoms with Gasteiger partial charge in [0.15, 0.2) is 0 Å². The number of hydrogen-bond acceptors (Lipinski definition) is 2. The Morgan fingerprint density at radius 2 is 1.67 bits per heavy atom. The molecule has 0 unspecified atom stereocenters. The molecule has 1 aliphatic carbocycles. The normalized spacial score (nSPS) is 32.0. The van der Waals surface area contributed by atoms with Crippen LogP contribution in [0.15, 0.2) is 0 Å². The molecule has 1 saturated carbocycles. The fourth-order valence-corrected chi connectivity index (χ4v) is 1.98. The molecular formula is C10H21NO. The van der Waals surface area contributed by atoms with Crippen LogP contribution in [-0.2, 0) is 4.74 Å². The van der Waals surface area contributed by atoms with Crippen LogP contribution < -0.4 is 5.73 Å². The maximum absolute atomic E-state index is 5.84. The Morgan fingerprint density at radius 3 is 2.08 bits per heavy atom. The van der Waals surface area contributed by atoms with Crippen LogP contribution in [0.1, 0.15) is 39.5 Å². The first-order valence-electron chi connectivity index (χ1n) is 4.87. The molecular weight excluding hydrogens is 150 g/mol. The van der Waals surface area contributed by atoms with Crippen LogP contribution in [0.2, 0.25) is 0 Å². The Balaban J connectivity index is 2.44. The van der Waals surface area contributed by atoms with Gasteiger partial charge >= 0.3 is 0 Å². The maximum atomic E-state index is 5.84. The highest BCUT2D eigenvalue weighted by Crippen LogP contribution is 2.33. The van der Waals surface area contributed by atoms with Gasteiger partial charge in [0.05, 0.1) is 5.60 Å². The first kappa shape index (κ1) is 10.0. The standard InChI is InChI=1S/C10H21NO/c1-10(2,12-3)8-4-6-9(11)7-5-8/h8-9H,4-7,11H2,1-3H3. The van der Waals surface area contributed by atoms with Crippen LogP contribution in [0.5, 0.6) is 0 Å². The molecule has 0 aromatic heterocycles. The van der Waals surface area contributed by atoms with Crippen molar-refractivity contribution < 1.29 is 4.74 Å². The van der Waals surface area contributed by atoms with Crippen LogP contribution in [0.25, 0.3) is 0 Å². The average molecular weight is 171 g/mol. The van der Waals surface area contributed by atoms with E-state index in [1.807, 2.05) is 0 Å². The lowest BCUT2D eigenvalue weighted by molar-refractivity contribution is -0.0413. The van der Waals surface area contributed by atoms with Crippen LogP contribution in [0, 0.1) is 5.92 Å². The molecule has 72 valence electrons. The van der Waals surface area contributed by atoms with E-state index in [2.05, 4.69) is 13.8 Å². The van der Waals surface area contributed by atoms with Crippen molar-refractivity contribution in [2.75, 3.05) is 7.11 Å². The van der Waals surface area contributed by atoms with Gasteiger partial charge in [0.25, 0.3) is 0 Å². The van der Waals surface area contributed by atoms with Crippen molar-refractivity contribution >= 4 is 0 Å². The summed E-state index contributed by atoms with van der Waals surface area (Å²) in [7, 11) is 1.80. The molecule has 2 heteroatoms. The largest absolute Gasteiger partial charge is 0.379 e. The fraction of sp³-hybridized carbons (Fsp3) is 1.00. The van der Waals surface area contributed by atoms with E-state index in [1.54, 1.807) is 7.11 Å². The number of methoxy groups -OCH3 is 1. The minimum Gasteiger partial charge on any atom is -0.379 e. The van der Waals surface area contributed by atoms with Gasteiger partial charge in [-0.15, -0.1) is 0 Å². The Hall–Kier alpha value is -0.0800. The van der Waals surface area contributed by atoms with Gasteiger partial charge in [0, 0.05) is 13.2 Å². The second-order valence-corrected chi connectivity index (χ2v) is 4.42. The third-order valence-electron chi connectivity index (χ3n) is 3.28. The minimum atomic E-state index is 0.0418. The third-order valence-corrected chi connectivity index (χ3v) is 3.28. The van der Waals surface area contributed by atoms with Crippen molar-refractivity contribution in [2.24, 2.45) is 11.7 Å². The van der Waals surface area contributed by atoms with E-state index in [-0.39, 0.29) is 5.60 Å². The Labute approximate surface area is 75.5 Å². The summed E-state index contributed by atoms with van der Waals surface area (Å²) >= 11 is 0. The molecule has 1 fully saturated rings. The van der Waals surface area contributed by atoms with E-state index in [4.69, 9.17) is 10.5 Å². The lowest BCUT2D eigenvalue weighted by Gasteiger charge is -2.37. The molecule has 0 amide bonds. The molecule has 2 N–H and O–H groups in total. The van der Waals surface area contributed by atoms with Gasteiger partial charge in [-0.25, -0.2) is 0 Å². The fourth-order valence-electron chi connectivity index (χ4n) is 1.98. The lowest BCUT2D eigenvalue weighted by Crippen LogP contribution is -2.38. The molecule has 0 aromatic carbocycles. The predicted molar refractivity (Wildman–Crippen MR) is 51.0 cm³/mol. The molecule has 0 aliphatic heterocycles. The maximum Gasteiger partial charge on any atom is 0.0650 e. The van der Waals surface area contributed by atoms with Crippen molar-refractivity contribution in [3.8, 4) is 0 Å². The summed E-state index contributed by atoms with van der Waals surface area (Å²) in [5.74, 6) is 0.697. The summed E-state index contributed by atoms with van der Waals surface area (Å²) in [4.78, 5) is 0. The van der Waals surface area contributed by atoms with E-state index in [9.17, 15) is 0 Å². The van der Waals surface area contributed by atoms with Crippen LogP contribution in [-0.4, -0.2) is 18.8 Å². The van der Waals surface area contributed by atoms with Crippen molar-refractivity contribution in [1.29, 1.82) is 0 Å². The topological polar surface area (TPSA) is 35.2 Å². The number of nitrogens with two attached hydrogens (primary N) is 1. The van der Waals surface area contributed by atoms with Crippen molar-refractivity contribution in [3.05, 3.63) is 0 Å². The SMILES string of the molecule is COC(C)(C)C1CCC(N)CC1. The van der Waals surface area contributed by atoms with Gasteiger partial charge in [-0.2, -0.15) is 0 Å². The molecule has 2 nitrogen and oxygen atoms in total. The van der Waals surface area contributed by atoms with Crippen LogP contribution in [0.3, 0.4) is 0 Å². The second-order valence-electron chi connectivity index (χ2n) is 4.42. The Bertz CT molecular complexity index is 137. The van der Waals surface area contributed by atoms with E-state index in [0.717, 1.165) is 12.8 Å². The molecule has 0 heterocycles. The van der Waals surface area contributed by atoms with Crippen molar-refractivity contribution in [2.45, 2.75) is 51.2 Å². The smallest absolute Gasteiger partial charge is 0.0650 e. The van der Waals surface area contributed by atoms with E-state index < -0.39 is 0 Å². The minimum absolute atomic E-state index is 0.0418. The van der Waals surface area contributed by atoms with Gasteiger partial charge in [0.2, 0.25) is 0 Å². The number of rotatable bonds is 2. The Kier molecular flexibility index (Phi) is 3.13. The molecule has 0 saturated heterocycles. The zero-order chi connectivity index (χ0) is 9.19. The second kappa shape index (κ2) is 3.75. The monoisotopic (exact) mass is 171 g/mol.